The Bertz CT molecular complexity index is 405. The molecule has 0 heterocycles. The van der Waals surface area contributed by atoms with E-state index in [9.17, 15) is 14.9 Å². The molecule has 0 aliphatic heterocycles. The van der Waals surface area contributed by atoms with E-state index in [-0.39, 0.29) is 11.4 Å². The van der Waals surface area contributed by atoms with E-state index in [1.54, 1.807) is 0 Å². The molecule has 1 rings (SSSR count). The second-order valence-electron chi connectivity index (χ2n) is 2.87. The number of hydrogen-bond donors (Lipinski definition) is 1. The largest absolute Gasteiger partial charge is 0.478 e. The van der Waals surface area contributed by atoms with Crippen molar-refractivity contribution in [1.82, 2.24) is 0 Å². The normalized spacial score (nSPS) is 9.93. The first kappa shape index (κ1) is 11.5. The van der Waals surface area contributed by atoms with Gasteiger partial charge in [-0.05, 0) is 11.6 Å². The van der Waals surface area contributed by atoms with Gasteiger partial charge in [-0.25, -0.2) is 4.79 Å². The molecule has 1 aromatic carbocycles. The number of halogens is 1. The maximum Gasteiger partial charge on any atom is 0.336 e. The highest BCUT2D eigenvalue weighted by atomic mass is 35.5. The number of hydrogen-bond acceptors (Lipinski definition) is 3. The predicted molar refractivity (Wildman–Crippen MR) is 53.7 cm³/mol. The van der Waals surface area contributed by atoms with Crippen molar-refractivity contribution in [3.05, 3.63) is 45.0 Å². The van der Waals surface area contributed by atoms with E-state index in [1.807, 2.05) is 0 Å². The number of benzene rings is 1. The van der Waals surface area contributed by atoms with Crippen LogP contribution in [0.1, 0.15) is 21.5 Å². The number of nitrogens with zero attached hydrogens (tertiary/aromatic N) is 1. The Labute approximate surface area is 90.4 Å². The molecule has 0 spiro atoms. The molecule has 0 fully saturated rings. The van der Waals surface area contributed by atoms with Gasteiger partial charge in [0.1, 0.15) is 0 Å². The number of rotatable bonds is 4. The van der Waals surface area contributed by atoms with Crippen molar-refractivity contribution < 1.29 is 14.8 Å². The van der Waals surface area contributed by atoms with Gasteiger partial charge in [0.15, 0.2) is 0 Å². The summed E-state index contributed by atoms with van der Waals surface area (Å²) < 4.78 is 0. The second kappa shape index (κ2) is 4.75. The highest BCUT2D eigenvalue weighted by Gasteiger charge is 2.15. The molecule has 0 saturated carbocycles. The molecule has 0 bridgehead atoms. The molecular formula is C9H8ClNO4. The van der Waals surface area contributed by atoms with Crippen LogP contribution in [0.15, 0.2) is 18.2 Å². The third-order valence-electron chi connectivity index (χ3n) is 1.94. The monoisotopic (exact) mass is 229 g/mol. The molecule has 15 heavy (non-hydrogen) atoms. The molecule has 0 aliphatic rings. The van der Waals surface area contributed by atoms with Gasteiger partial charge in [-0.2, -0.15) is 0 Å². The molecule has 6 heteroatoms. The molecule has 0 radical (unpaired) electrons. The van der Waals surface area contributed by atoms with Crippen LogP contribution in [0.5, 0.6) is 0 Å². The number of carboxylic acid groups (broad SMARTS) is 1. The van der Waals surface area contributed by atoms with Crippen LogP contribution in [-0.4, -0.2) is 16.0 Å². The smallest absolute Gasteiger partial charge is 0.336 e. The zero-order chi connectivity index (χ0) is 11.4. The minimum atomic E-state index is -1.13. The number of carbonyl (C=O) groups is 1. The standard InChI is InChI=1S/C9H8ClNO4/c10-4-8-6(5-11(14)15)2-1-3-7(8)9(12)13/h1-3H,4-5H2,(H,12,13). The minimum absolute atomic E-state index is 0.0179. The van der Waals surface area contributed by atoms with Gasteiger partial charge in [0.05, 0.1) is 5.56 Å². The van der Waals surface area contributed by atoms with Crippen LogP contribution < -0.4 is 0 Å². The van der Waals surface area contributed by atoms with Crippen LogP contribution in [0.25, 0.3) is 0 Å². The lowest BCUT2D eigenvalue weighted by Gasteiger charge is -2.06. The highest BCUT2D eigenvalue weighted by Crippen LogP contribution is 2.18. The van der Waals surface area contributed by atoms with Gasteiger partial charge in [0, 0.05) is 16.4 Å². The lowest BCUT2D eigenvalue weighted by atomic mass is 10.0. The van der Waals surface area contributed by atoms with Gasteiger partial charge in [0.2, 0.25) is 6.54 Å². The first-order chi connectivity index (χ1) is 7.06. The van der Waals surface area contributed by atoms with Crippen LogP contribution in [0.2, 0.25) is 0 Å². The average molecular weight is 230 g/mol. The third kappa shape index (κ3) is 2.66. The summed E-state index contributed by atoms with van der Waals surface area (Å²) in [4.78, 5) is 20.6. The summed E-state index contributed by atoms with van der Waals surface area (Å²) in [7, 11) is 0. The van der Waals surface area contributed by atoms with Crippen molar-refractivity contribution >= 4 is 17.6 Å². The van der Waals surface area contributed by atoms with E-state index in [4.69, 9.17) is 16.7 Å². The molecule has 0 aromatic heterocycles. The van der Waals surface area contributed by atoms with Crippen LogP contribution in [-0.2, 0) is 12.4 Å². The Morgan fingerprint density at radius 1 is 1.53 bits per heavy atom. The molecule has 1 N–H and O–H groups in total. The van der Waals surface area contributed by atoms with E-state index in [1.165, 1.54) is 18.2 Å². The van der Waals surface area contributed by atoms with E-state index < -0.39 is 17.4 Å². The molecule has 1 aromatic rings. The van der Waals surface area contributed by atoms with E-state index >= 15 is 0 Å². The molecule has 0 atom stereocenters. The van der Waals surface area contributed by atoms with Crippen LogP contribution in [0.3, 0.4) is 0 Å². The minimum Gasteiger partial charge on any atom is -0.478 e. The number of nitro groups is 1. The number of alkyl halides is 1. The predicted octanol–water partition coefficient (Wildman–Crippen LogP) is 1.90. The van der Waals surface area contributed by atoms with Crippen LogP contribution >= 0.6 is 11.6 Å². The van der Waals surface area contributed by atoms with Gasteiger partial charge >= 0.3 is 5.97 Å². The van der Waals surface area contributed by atoms with E-state index in [0.717, 1.165) is 0 Å². The molecule has 0 unspecified atom stereocenters. The Morgan fingerprint density at radius 3 is 2.67 bits per heavy atom. The zero-order valence-corrected chi connectivity index (χ0v) is 8.40. The Balaban J connectivity index is 3.21. The quantitative estimate of drug-likeness (QED) is 0.486. The zero-order valence-electron chi connectivity index (χ0n) is 7.64. The highest BCUT2D eigenvalue weighted by molar-refractivity contribution is 6.17. The number of aromatic carboxylic acids is 1. The van der Waals surface area contributed by atoms with Crippen LogP contribution in [0.4, 0.5) is 0 Å². The van der Waals surface area contributed by atoms with Gasteiger partial charge in [-0.1, -0.05) is 12.1 Å². The van der Waals surface area contributed by atoms with Crippen molar-refractivity contribution in [2.75, 3.05) is 0 Å². The summed E-state index contributed by atoms with van der Waals surface area (Å²) in [5, 5.41) is 19.2. The molecule has 80 valence electrons. The number of carboxylic acids is 1. The first-order valence-corrected chi connectivity index (χ1v) is 4.61. The maximum absolute atomic E-state index is 10.8. The lowest BCUT2D eigenvalue weighted by Crippen LogP contribution is -2.07. The topological polar surface area (TPSA) is 80.4 Å². The second-order valence-corrected chi connectivity index (χ2v) is 3.14. The molecule has 5 nitrogen and oxygen atoms in total. The molecule has 0 aliphatic carbocycles. The van der Waals surface area contributed by atoms with Crippen LogP contribution in [0, 0.1) is 10.1 Å². The van der Waals surface area contributed by atoms with Crippen molar-refractivity contribution in [2.24, 2.45) is 0 Å². The summed E-state index contributed by atoms with van der Waals surface area (Å²) in [6.45, 7) is -0.414. The first-order valence-electron chi connectivity index (χ1n) is 4.08. The molecular weight excluding hydrogens is 222 g/mol. The Kier molecular flexibility index (Phi) is 3.62. The average Bonchev–Trinajstić information content (AvgIpc) is 2.16. The van der Waals surface area contributed by atoms with E-state index in [0.29, 0.717) is 11.1 Å². The van der Waals surface area contributed by atoms with Crippen molar-refractivity contribution in [2.45, 2.75) is 12.4 Å². The summed E-state index contributed by atoms with van der Waals surface area (Å²) in [5.41, 5.74) is 0.669. The summed E-state index contributed by atoms with van der Waals surface area (Å²) in [6.07, 6.45) is 0. The Hall–Kier alpha value is -1.62. The molecule has 0 saturated heterocycles. The van der Waals surface area contributed by atoms with Crippen molar-refractivity contribution in [1.29, 1.82) is 0 Å². The van der Waals surface area contributed by atoms with Crippen molar-refractivity contribution in [3.8, 4) is 0 Å². The van der Waals surface area contributed by atoms with Gasteiger partial charge in [0.25, 0.3) is 0 Å². The fourth-order valence-corrected chi connectivity index (χ4v) is 1.60. The lowest BCUT2D eigenvalue weighted by molar-refractivity contribution is -0.496. The third-order valence-corrected chi connectivity index (χ3v) is 2.20. The fraction of sp³-hybridized carbons (Fsp3) is 0.222. The summed E-state index contributed by atoms with van der Waals surface area (Å²) in [5.74, 6) is -1.18. The van der Waals surface area contributed by atoms with Gasteiger partial charge in [-0.3, -0.25) is 10.1 Å². The van der Waals surface area contributed by atoms with Gasteiger partial charge < -0.3 is 5.11 Å². The Morgan fingerprint density at radius 2 is 2.20 bits per heavy atom. The summed E-state index contributed by atoms with van der Waals surface area (Å²) >= 11 is 5.58. The molecule has 0 amide bonds. The van der Waals surface area contributed by atoms with Gasteiger partial charge in [-0.15, -0.1) is 11.6 Å². The summed E-state index contributed by atoms with van der Waals surface area (Å²) in [6, 6.07) is 4.36. The fourth-order valence-electron chi connectivity index (χ4n) is 1.28. The maximum atomic E-state index is 10.8. The SMILES string of the molecule is O=C(O)c1cccc(C[N+](=O)[O-])c1CCl. The van der Waals surface area contributed by atoms with E-state index in [2.05, 4.69) is 0 Å². The van der Waals surface area contributed by atoms with Crippen molar-refractivity contribution in [3.63, 3.8) is 0 Å².